The molecule has 0 amide bonds. The normalized spacial score (nSPS) is 25.3. The minimum absolute atomic E-state index is 0.00627. The molecule has 1 aromatic carbocycles. The summed E-state index contributed by atoms with van der Waals surface area (Å²) in [6.45, 7) is 3.67. The fourth-order valence-electron chi connectivity index (χ4n) is 2.66. The molecule has 0 unspecified atom stereocenters. The lowest BCUT2D eigenvalue weighted by Gasteiger charge is -2.14. The van der Waals surface area contributed by atoms with Crippen molar-refractivity contribution in [2.75, 3.05) is 13.2 Å². The molecule has 1 aromatic rings. The van der Waals surface area contributed by atoms with E-state index in [1.165, 1.54) is 0 Å². The molecule has 1 aliphatic carbocycles. The number of ether oxygens (including phenoxy) is 3. The van der Waals surface area contributed by atoms with Crippen LogP contribution in [0.1, 0.15) is 25.3 Å². The van der Waals surface area contributed by atoms with Crippen LogP contribution in [0.5, 0.6) is 0 Å². The van der Waals surface area contributed by atoms with Crippen molar-refractivity contribution in [1.29, 1.82) is 0 Å². The van der Waals surface area contributed by atoms with E-state index in [1.807, 2.05) is 43.3 Å². The fraction of sp³-hybridized carbons (Fsp3) is 0.421. The lowest BCUT2D eigenvalue weighted by Crippen LogP contribution is -2.11. The number of ketones is 1. The summed E-state index contributed by atoms with van der Waals surface area (Å²) in [5.74, 6) is 0.827. The van der Waals surface area contributed by atoms with Gasteiger partial charge in [0.25, 0.3) is 0 Å². The van der Waals surface area contributed by atoms with Crippen LogP contribution in [0.3, 0.4) is 0 Å². The second-order valence-corrected chi connectivity index (χ2v) is 5.74. The summed E-state index contributed by atoms with van der Waals surface area (Å²) in [6.07, 6.45) is 5.12. The molecule has 0 radical (unpaired) electrons. The van der Waals surface area contributed by atoms with E-state index in [1.54, 1.807) is 6.08 Å². The smallest absolute Gasteiger partial charge is 0.184 e. The molecule has 122 valence electrons. The molecule has 1 aliphatic heterocycles. The molecular weight excluding hydrogens is 292 g/mol. The number of carbonyl (C=O) groups is 1. The maximum absolute atomic E-state index is 12.0. The van der Waals surface area contributed by atoms with Crippen molar-refractivity contribution in [2.45, 2.75) is 38.6 Å². The molecule has 4 nitrogen and oxygen atoms in total. The van der Waals surface area contributed by atoms with Gasteiger partial charge in [0.15, 0.2) is 5.78 Å². The monoisotopic (exact) mass is 314 g/mol. The van der Waals surface area contributed by atoms with Gasteiger partial charge in [0.1, 0.15) is 18.0 Å². The topological polar surface area (TPSA) is 48.1 Å². The number of allylic oxidation sites excluding steroid dienone is 3. The highest BCUT2D eigenvalue weighted by Gasteiger charge is 2.38. The van der Waals surface area contributed by atoms with E-state index >= 15 is 0 Å². The van der Waals surface area contributed by atoms with Crippen molar-refractivity contribution in [1.82, 2.24) is 0 Å². The second-order valence-electron chi connectivity index (χ2n) is 5.74. The van der Waals surface area contributed by atoms with Gasteiger partial charge >= 0.3 is 0 Å². The first-order valence-electron chi connectivity index (χ1n) is 8.12. The first-order valence-corrected chi connectivity index (χ1v) is 8.12. The molecule has 2 atom stereocenters. The standard InChI is InChI=1S/C19H22O4/c1-2-22-16-9-8-15(17(20)11-16)10-18-19(23-18)13-21-12-14-6-4-3-5-7-14/h3-7,10-11,18-19H,2,8-9,12-13H2,1H3/b15-10-/t18-,19-/m0/s1. The Kier molecular flexibility index (Phi) is 5.26. The number of epoxide rings is 1. The Morgan fingerprint density at radius 3 is 2.83 bits per heavy atom. The van der Waals surface area contributed by atoms with Crippen LogP contribution in [0.15, 0.2) is 53.8 Å². The summed E-state index contributed by atoms with van der Waals surface area (Å²) in [5, 5.41) is 0. The summed E-state index contributed by atoms with van der Waals surface area (Å²) >= 11 is 0. The van der Waals surface area contributed by atoms with Gasteiger partial charge < -0.3 is 14.2 Å². The van der Waals surface area contributed by atoms with E-state index in [0.29, 0.717) is 19.8 Å². The molecule has 1 heterocycles. The van der Waals surface area contributed by atoms with Gasteiger partial charge in [-0.2, -0.15) is 0 Å². The third kappa shape index (κ3) is 4.53. The number of carbonyl (C=O) groups excluding carboxylic acids is 1. The van der Waals surface area contributed by atoms with Crippen molar-refractivity contribution in [2.24, 2.45) is 0 Å². The Morgan fingerprint density at radius 1 is 1.26 bits per heavy atom. The summed E-state index contributed by atoms with van der Waals surface area (Å²) in [5.41, 5.74) is 1.98. The van der Waals surface area contributed by atoms with Crippen LogP contribution in [0.4, 0.5) is 0 Å². The highest BCUT2D eigenvalue weighted by Crippen LogP contribution is 2.29. The summed E-state index contributed by atoms with van der Waals surface area (Å²) in [6, 6.07) is 10.1. The average Bonchev–Trinajstić information content (AvgIpc) is 3.29. The van der Waals surface area contributed by atoms with Crippen LogP contribution >= 0.6 is 0 Å². The van der Waals surface area contributed by atoms with Gasteiger partial charge in [0, 0.05) is 12.5 Å². The molecule has 1 saturated heterocycles. The number of rotatable bonds is 7. The zero-order valence-corrected chi connectivity index (χ0v) is 13.4. The molecule has 3 rings (SSSR count). The quantitative estimate of drug-likeness (QED) is 0.573. The maximum Gasteiger partial charge on any atom is 0.184 e. The van der Waals surface area contributed by atoms with Crippen molar-refractivity contribution in [3.63, 3.8) is 0 Å². The third-order valence-corrected chi connectivity index (χ3v) is 3.96. The van der Waals surface area contributed by atoms with E-state index < -0.39 is 0 Å². The molecule has 0 N–H and O–H groups in total. The minimum atomic E-state index is 0.00627. The van der Waals surface area contributed by atoms with Crippen LogP contribution in [-0.2, 0) is 25.6 Å². The fourth-order valence-corrected chi connectivity index (χ4v) is 2.66. The maximum atomic E-state index is 12.0. The molecular formula is C19H22O4. The molecule has 2 aliphatic rings. The number of benzene rings is 1. The van der Waals surface area contributed by atoms with E-state index in [9.17, 15) is 4.79 Å². The molecule has 4 heteroatoms. The SMILES string of the molecule is CCOC1=CC(=O)/C(=C\[C@@H]2O[C@H]2COCc2ccccc2)CC1. The van der Waals surface area contributed by atoms with Gasteiger partial charge in [-0.3, -0.25) is 4.79 Å². The van der Waals surface area contributed by atoms with Gasteiger partial charge in [-0.05, 0) is 30.6 Å². The van der Waals surface area contributed by atoms with Gasteiger partial charge in [-0.25, -0.2) is 0 Å². The lowest BCUT2D eigenvalue weighted by molar-refractivity contribution is -0.112. The van der Waals surface area contributed by atoms with Crippen molar-refractivity contribution in [3.05, 3.63) is 59.4 Å². The van der Waals surface area contributed by atoms with Crippen LogP contribution < -0.4 is 0 Å². The Balaban J connectivity index is 1.43. The van der Waals surface area contributed by atoms with Crippen molar-refractivity contribution in [3.8, 4) is 0 Å². The van der Waals surface area contributed by atoms with Crippen LogP contribution in [0.25, 0.3) is 0 Å². The van der Waals surface area contributed by atoms with E-state index in [2.05, 4.69) is 0 Å². The number of hydrogen-bond acceptors (Lipinski definition) is 4. The van der Waals surface area contributed by atoms with Crippen molar-refractivity contribution < 1.29 is 19.0 Å². The zero-order chi connectivity index (χ0) is 16.1. The molecule has 23 heavy (non-hydrogen) atoms. The Labute approximate surface area is 136 Å². The molecule has 1 fully saturated rings. The molecule has 0 saturated carbocycles. The highest BCUT2D eigenvalue weighted by molar-refractivity contribution is 6.05. The number of hydrogen-bond donors (Lipinski definition) is 0. The van der Waals surface area contributed by atoms with Crippen LogP contribution in [-0.4, -0.2) is 31.2 Å². The molecule has 0 bridgehead atoms. The zero-order valence-electron chi connectivity index (χ0n) is 13.4. The predicted octanol–water partition coefficient (Wildman–Crippen LogP) is 3.18. The molecule has 0 spiro atoms. The minimum Gasteiger partial charge on any atom is -0.498 e. The van der Waals surface area contributed by atoms with Gasteiger partial charge in [0.2, 0.25) is 0 Å². The second kappa shape index (κ2) is 7.57. The Bertz CT molecular complexity index is 603. The Hall–Kier alpha value is -1.91. The van der Waals surface area contributed by atoms with Gasteiger partial charge in [-0.1, -0.05) is 30.3 Å². The first kappa shape index (κ1) is 16.0. The van der Waals surface area contributed by atoms with Crippen molar-refractivity contribution >= 4 is 5.78 Å². The summed E-state index contributed by atoms with van der Waals surface area (Å²) in [4.78, 5) is 12.0. The van der Waals surface area contributed by atoms with E-state index in [-0.39, 0.29) is 18.0 Å². The average molecular weight is 314 g/mol. The van der Waals surface area contributed by atoms with E-state index in [4.69, 9.17) is 14.2 Å². The van der Waals surface area contributed by atoms with Crippen LogP contribution in [0, 0.1) is 0 Å². The highest BCUT2D eigenvalue weighted by atomic mass is 16.6. The molecule has 0 aromatic heterocycles. The third-order valence-electron chi connectivity index (χ3n) is 3.96. The van der Waals surface area contributed by atoms with Gasteiger partial charge in [0.05, 0.1) is 19.8 Å². The lowest BCUT2D eigenvalue weighted by atomic mass is 9.97. The summed E-state index contributed by atoms with van der Waals surface area (Å²) in [7, 11) is 0. The largest absolute Gasteiger partial charge is 0.498 e. The first-order chi connectivity index (χ1) is 11.3. The van der Waals surface area contributed by atoms with Gasteiger partial charge in [-0.15, -0.1) is 0 Å². The van der Waals surface area contributed by atoms with E-state index in [0.717, 1.165) is 29.7 Å². The Morgan fingerprint density at radius 2 is 2.09 bits per heavy atom. The predicted molar refractivity (Wildman–Crippen MR) is 86.8 cm³/mol. The summed E-state index contributed by atoms with van der Waals surface area (Å²) < 4.78 is 16.6. The van der Waals surface area contributed by atoms with Crippen LogP contribution in [0.2, 0.25) is 0 Å².